The first-order valence-electron chi connectivity index (χ1n) is 9.12. The fraction of sp³-hybridized carbons (Fsp3) is 0.611. The third-order valence-electron chi connectivity index (χ3n) is 6.80. The smallest absolute Gasteiger partial charge is 0.280 e. The molecule has 2 N–H and O–H groups in total. The van der Waals surface area contributed by atoms with Gasteiger partial charge in [0.1, 0.15) is 0 Å². The van der Waals surface area contributed by atoms with Gasteiger partial charge in [0.05, 0.1) is 15.9 Å². The number of benzene rings is 1. The maximum Gasteiger partial charge on any atom is 0.280 e. The number of hydrogen-bond acceptors (Lipinski definition) is 6. The molecule has 9 nitrogen and oxygen atoms in total. The van der Waals surface area contributed by atoms with Crippen molar-refractivity contribution in [2.24, 2.45) is 17.3 Å². The van der Waals surface area contributed by atoms with Gasteiger partial charge >= 0.3 is 0 Å². The first kappa shape index (κ1) is 17.8. The summed E-state index contributed by atoms with van der Waals surface area (Å²) < 4.78 is 0. The van der Waals surface area contributed by atoms with Crippen molar-refractivity contribution >= 4 is 17.3 Å². The Hall–Kier alpha value is -2.55. The van der Waals surface area contributed by atoms with Crippen LogP contribution in [-0.4, -0.2) is 21.0 Å². The van der Waals surface area contributed by atoms with Crippen LogP contribution in [0.15, 0.2) is 18.2 Å². The summed E-state index contributed by atoms with van der Waals surface area (Å²) in [5.41, 5.74) is 1.08. The van der Waals surface area contributed by atoms with Crippen molar-refractivity contribution in [3.8, 4) is 0 Å². The van der Waals surface area contributed by atoms with Gasteiger partial charge in [-0.15, -0.1) is 0 Å². The standard InChI is InChI=1S/C18H21N3O6/c22-16(19-23)9-17-5-11-3-12(6-17)8-18(7-11,10-17)14-2-1-13(20(24)25)4-15(14)21(26)27/h1-2,4,11-12,23H,3,5-10H2,(H,19,22)/t11-,12+,17?,18?. The summed E-state index contributed by atoms with van der Waals surface area (Å²) in [6.07, 6.45) is 5.30. The number of nitrogens with zero attached hydrogens (tertiary/aromatic N) is 2. The Kier molecular flexibility index (Phi) is 3.95. The van der Waals surface area contributed by atoms with Gasteiger partial charge in [0.25, 0.3) is 11.4 Å². The predicted octanol–water partition coefficient (Wildman–Crippen LogP) is 3.24. The summed E-state index contributed by atoms with van der Waals surface area (Å²) >= 11 is 0. The van der Waals surface area contributed by atoms with Crippen molar-refractivity contribution in [2.45, 2.75) is 50.4 Å². The Morgan fingerprint density at radius 1 is 1.15 bits per heavy atom. The zero-order valence-corrected chi connectivity index (χ0v) is 14.7. The zero-order valence-electron chi connectivity index (χ0n) is 14.7. The molecule has 2 unspecified atom stereocenters. The highest BCUT2D eigenvalue weighted by molar-refractivity contribution is 5.75. The molecule has 144 valence electrons. The highest BCUT2D eigenvalue weighted by atomic mass is 16.6. The van der Waals surface area contributed by atoms with E-state index in [2.05, 4.69) is 0 Å². The van der Waals surface area contributed by atoms with Crippen molar-refractivity contribution in [2.75, 3.05) is 0 Å². The van der Waals surface area contributed by atoms with Crippen molar-refractivity contribution in [1.29, 1.82) is 0 Å². The minimum Gasteiger partial charge on any atom is -0.289 e. The predicted molar refractivity (Wildman–Crippen MR) is 93.1 cm³/mol. The Labute approximate surface area is 155 Å². The monoisotopic (exact) mass is 375 g/mol. The number of non-ortho nitro benzene ring substituents is 1. The van der Waals surface area contributed by atoms with Crippen molar-refractivity contribution in [3.63, 3.8) is 0 Å². The van der Waals surface area contributed by atoms with Gasteiger partial charge in [0, 0.05) is 23.5 Å². The number of hydroxylamine groups is 1. The summed E-state index contributed by atoms with van der Waals surface area (Å²) in [4.78, 5) is 33.5. The van der Waals surface area contributed by atoms with Crippen molar-refractivity contribution in [3.05, 3.63) is 44.0 Å². The molecule has 0 heterocycles. The van der Waals surface area contributed by atoms with Crippen LogP contribution in [0, 0.1) is 37.5 Å². The maximum absolute atomic E-state index is 11.9. The molecule has 5 rings (SSSR count). The number of hydrogen-bond donors (Lipinski definition) is 2. The number of carbonyl (C=O) groups excluding carboxylic acids is 1. The van der Waals surface area contributed by atoms with Crippen LogP contribution in [0.25, 0.3) is 0 Å². The lowest BCUT2D eigenvalue weighted by atomic mass is 9.42. The Morgan fingerprint density at radius 2 is 1.81 bits per heavy atom. The van der Waals surface area contributed by atoms with E-state index in [-0.39, 0.29) is 23.2 Å². The summed E-state index contributed by atoms with van der Waals surface area (Å²) in [6, 6.07) is 3.94. The van der Waals surface area contributed by atoms with E-state index >= 15 is 0 Å². The van der Waals surface area contributed by atoms with E-state index in [0.717, 1.165) is 38.2 Å². The molecule has 4 atom stereocenters. The topological polar surface area (TPSA) is 136 Å². The van der Waals surface area contributed by atoms with E-state index in [1.165, 1.54) is 6.07 Å². The van der Waals surface area contributed by atoms with Gasteiger partial charge in [-0.05, 0) is 61.8 Å². The maximum atomic E-state index is 11.9. The van der Waals surface area contributed by atoms with Gasteiger partial charge in [-0.25, -0.2) is 5.48 Å². The Bertz CT molecular complexity index is 824. The molecule has 4 fully saturated rings. The highest BCUT2D eigenvalue weighted by Gasteiger charge is 2.59. The fourth-order valence-electron chi connectivity index (χ4n) is 6.59. The largest absolute Gasteiger partial charge is 0.289 e. The van der Waals surface area contributed by atoms with Gasteiger partial charge in [-0.2, -0.15) is 0 Å². The molecule has 0 aliphatic heterocycles. The highest BCUT2D eigenvalue weighted by Crippen LogP contribution is 2.67. The Morgan fingerprint density at radius 3 is 2.37 bits per heavy atom. The van der Waals surface area contributed by atoms with Gasteiger partial charge in [-0.3, -0.25) is 30.2 Å². The molecule has 4 aliphatic carbocycles. The van der Waals surface area contributed by atoms with Crippen LogP contribution >= 0.6 is 0 Å². The lowest BCUT2D eigenvalue weighted by Gasteiger charge is -2.62. The van der Waals surface area contributed by atoms with Crippen LogP contribution in [0.2, 0.25) is 0 Å². The number of nitrogens with one attached hydrogen (secondary N) is 1. The third-order valence-corrected chi connectivity index (χ3v) is 6.80. The number of rotatable bonds is 5. The number of amides is 1. The summed E-state index contributed by atoms with van der Waals surface area (Å²) in [5.74, 6) is 0.338. The normalized spacial score (nSPS) is 33.7. The second kappa shape index (κ2) is 5.98. The average Bonchev–Trinajstić information content (AvgIpc) is 2.59. The first-order valence-corrected chi connectivity index (χ1v) is 9.12. The van der Waals surface area contributed by atoms with Gasteiger partial charge in [0.15, 0.2) is 0 Å². The van der Waals surface area contributed by atoms with Crippen LogP contribution in [0.4, 0.5) is 11.4 Å². The number of nitro groups is 2. The summed E-state index contributed by atoms with van der Waals surface area (Å²) in [6.45, 7) is 0. The van der Waals surface area contributed by atoms with Gasteiger partial charge in [-0.1, -0.05) is 0 Å². The third kappa shape index (κ3) is 2.86. The van der Waals surface area contributed by atoms with Crippen LogP contribution in [0.3, 0.4) is 0 Å². The molecule has 1 aromatic rings. The molecule has 0 saturated heterocycles. The van der Waals surface area contributed by atoms with Gasteiger partial charge < -0.3 is 0 Å². The van der Waals surface area contributed by atoms with Crippen molar-refractivity contribution < 1.29 is 19.8 Å². The molecule has 4 bridgehead atoms. The van der Waals surface area contributed by atoms with E-state index in [1.807, 2.05) is 0 Å². The van der Waals surface area contributed by atoms with E-state index in [4.69, 9.17) is 5.21 Å². The van der Waals surface area contributed by atoms with Crippen LogP contribution in [0.5, 0.6) is 0 Å². The minimum atomic E-state index is -0.621. The zero-order chi connectivity index (χ0) is 19.4. The minimum absolute atomic E-state index is 0.201. The second-order valence-electron chi connectivity index (χ2n) is 8.67. The number of nitro benzene ring substituents is 2. The molecule has 4 aliphatic rings. The van der Waals surface area contributed by atoms with E-state index in [9.17, 15) is 25.0 Å². The molecule has 0 aromatic heterocycles. The van der Waals surface area contributed by atoms with Crippen LogP contribution < -0.4 is 5.48 Å². The average molecular weight is 375 g/mol. The van der Waals surface area contributed by atoms with E-state index < -0.39 is 21.2 Å². The lowest BCUT2D eigenvalue weighted by Crippen LogP contribution is -2.55. The fourth-order valence-corrected chi connectivity index (χ4v) is 6.59. The first-order chi connectivity index (χ1) is 12.8. The molecule has 9 heteroatoms. The van der Waals surface area contributed by atoms with Crippen LogP contribution in [0.1, 0.15) is 50.5 Å². The summed E-state index contributed by atoms with van der Waals surface area (Å²) in [5, 5.41) is 31.7. The molecule has 1 aromatic carbocycles. The molecule has 27 heavy (non-hydrogen) atoms. The van der Waals surface area contributed by atoms with E-state index in [1.54, 1.807) is 11.5 Å². The lowest BCUT2D eigenvalue weighted by molar-refractivity contribution is -0.395. The molecule has 0 spiro atoms. The van der Waals surface area contributed by atoms with Crippen LogP contribution in [-0.2, 0) is 10.2 Å². The summed E-state index contributed by atoms with van der Waals surface area (Å²) in [7, 11) is 0. The second-order valence-corrected chi connectivity index (χ2v) is 8.67. The quantitative estimate of drug-likeness (QED) is 0.461. The molecule has 4 saturated carbocycles. The van der Waals surface area contributed by atoms with Crippen molar-refractivity contribution in [1.82, 2.24) is 5.48 Å². The SMILES string of the molecule is O=C(CC12C[C@H]3C[C@@H](C1)CC(c1ccc([N+](=O)[O-])cc1[N+](=O)[O-])(C3)C2)NO. The molecular formula is C18H21N3O6. The molecule has 0 radical (unpaired) electrons. The number of carbonyl (C=O) groups is 1. The van der Waals surface area contributed by atoms with E-state index in [0.29, 0.717) is 23.8 Å². The Balaban J connectivity index is 1.78. The van der Waals surface area contributed by atoms with Gasteiger partial charge in [0.2, 0.25) is 5.91 Å². The molecular weight excluding hydrogens is 354 g/mol. The molecule has 1 amide bonds.